The summed E-state index contributed by atoms with van der Waals surface area (Å²) in [5.74, 6) is 0.971. The normalized spacial score (nSPS) is 32.7. The number of fused-ring (bicyclic) bond motifs is 2. The van der Waals surface area contributed by atoms with Crippen LogP contribution in [0, 0.1) is 24.2 Å². The van der Waals surface area contributed by atoms with Crippen molar-refractivity contribution in [3.05, 3.63) is 22.7 Å². The van der Waals surface area contributed by atoms with Gasteiger partial charge in [-0.3, -0.25) is 5.10 Å². The van der Waals surface area contributed by atoms with Crippen molar-refractivity contribution in [2.45, 2.75) is 38.6 Å². The lowest BCUT2D eigenvalue weighted by Crippen LogP contribution is -2.54. The molecule has 1 saturated heterocycles. The first-order valence-electron chi connectivity index (χ1n) is 7.25. The zero-order valence-corrected chi connectivity index (χ0v) is 12.9. The summed E-state index contributed by atoms with van der Waals surface area (Å²) in [4.78, 5) is 2.33. The summed E-state index contributed by atoms with van der Waals surface area (Å²) in [5.41, 5.74) is 8.12. The fourth-order valence-corrected chi connectivity index (χ4v) is 3.95. The average Bonchev–Trinajstić information content (AvgIpc) is 2.78. The first-order chi connectivity index (χ1) is 9.91. The first-order valence-corrected chi connectivity index (χ1v) is 7.25. The van der Waals surface area contributed by atoms with E-state index in [-0.39, 0.29) is 11.8 Å². The minimum Gasteiger partial charge on any atom is -0.420 e. The van der Waals surface area contributed by atoms with E-state index in [1.165, 1.54) is 0 Å². The molecular weight excluding hydrogens is 266 g/mol. The van der Waals surface area contributed by atoms with Crippen molar-refractivity contribution >= 4 is 0 Å². The summed E-state index contributed by atoms with van der Waals surface area (Å²) in [6.07, 6.45) is 0.838. The third-order valence-corrected chi connectivity index (χ3v) is 5.14. The van der Waals surface area contributed by atoms with E-state index in [1.54, 1.807) is 0 Å². The van der Waals surface area contributed by atoms with Crippen LogP contribution >= 0.6 is 0 Å². The largest absolute Gasteiger partial charge is 0.420 e. The smallest absolute Gasteiger partial charge is 0.244 e. The summed E-state index contributed by atoms with van der Waals surface area (Å²) in [7, 11) is 2.12. The summed E-state index contributed by atoms with van der Waals surface area (Å²) in [6, 6.07) is 2.67. The average molecular weight is 287 g/mol. The number of rotatable bonds is 0. The molecule has 0 bridgehead atoms. The number of nitriles is 1. The standard InChI is InChI=1S/C15H21N5O/c1-8-7-20(4)9(2)5-15(8)11(6-16)13(17)21-14-12(15)10(3)18-19-14/h8-9H,5,7,17H2,1-4H3,(H,18,19). The highest BCUT2D eigenvalue weighted by Gasteiger charge is 2.53. The number of hydrogen-bond acceptors (Lipinski definition) is 5. The molecule has 1 aromatic heterocycles. The van der Waals surface area contributed by atoms with Gasteiger partial charge in [-0.15, -0.1) is 5.10 Å². The number of nitrogens with two attached hydrogens (primary N) is 1. The number of aryl methyl sites for hydroxylation is 1. The molecule has 0 saturated carbocycles. The maximum Gasteiger partial charge on any atom is 0.244 e. The zero-order valence-electron chi connectivity index (χ0n) is 12.9. The Balaban J connectivity index is 2.26. The Kier molecular flexibility index (Phi) is 2.99. The van der Waals surface area contributed by atoms with Gasteiger partial charge < -0.3 is 15.4 Å². The lowest BCUT2D eigenvalue weighted by Gasteiger charge is -2.50. The van der Waals surface area contributed by atoms with E-state index in [1.807, 2.05) is 6.92 Å². The van der Waals surface area contributed by atoms with Crippen LogP contribution in [-0.4, -0.2) is 34.7 Å². The van der Waals surface area contributed by atoms with Crippen molar-refractivity contribution in [2.75, 3.05) is 13.6 Å². The van der Waals surface area contributed by atoms with E-state index in [4.69, 9.17) is 10.5 Å². The summed E-state index contributed by atoms with van der Waals surface area (Å²) in [6.45, 7) is 7.24. The molecule has 3 rings (SSSR count). The van der Waals surface area contributed by atoms with Gasteiger partial charge in [-0.1, -0.05) is 6.92 Å². The third-order valence-electron chi connectivity index (χ3n) is 5.14. The van der Waals surface area contributed by atoms with Gasteiger partial charge in [0.15, 0.2) is 0 Å². The molecule has 21 heavy (non-hydrogen) atoms. The van der Waals surface area contributed by atoms with Gasteiger partial charge >= 0.3 is 0 Å². The second-order valence-corrected chi connectivity index (χ2v) is 6.35. The van der Waals surface area contributed by atoms with Gasteiger partial charge in [0.2, 0.25) is 11.8 Å². The van der Waals surface area contributed by atoms with Gasteiger partial charge in [0.25, 0.3) is 0 Å². The molecule has 1 fully saturated rings. The number of aromatic amines is 1. The van der Waals surface area contributed by atoms with E-state index < -0.39 is 5.41 Å². The minimum atomic E-state index is -0.407. The van der Waals surface area contributed by atoms with Crippen molar-refractivity contribution in [3.63, 3.8) is 0 Å². The first kappa shape index (κ1) is 14.0. The van der Waals surface area contributed by atoms with Crippen molar-refractivity contribution in [1.82, 2.24) is 15.1 Å². The second-order valence-electron chi connectivity index (χ2n) is 6.35. The molecule has 0 radical (unpaired) electrons. The molecule has 6 nitrogen and oxygen atoms in total. The van der Waals surface area contributed by atoms with E-state index >= 15 is 0 Å². The van der Waals surface area contributed by atoms with Crippen LogP contribution in [0.1, 0.15) is 31.5 Å². The van der Waals surface area contributed by atoms with Crippen LogP contribution in [0.3, 0.4) is 0 Å². The third kappa shape index (κ3) is 1.70. The SMILES string of the molecule is Cc1[nH]nc2c1C1(CC(C)N(C)CC1C)C(C#N)=C(N)O2. The van der Waals surface area contributed by atoms with Crippen LogP contribution in [0.5, 0.6) is 5.88 Å². The van der Waals surface area contributed by atoms with Crippen LogP contribution in [0.15, 0.2) is 11.5 Å². The molecule has 2 aliphatic heterocycles. The predicted octanol–water partition coefficient (Wildman–Crippen LogP) is 1.40. The molecule has 1 spiro atoms. The Morgan fingerprint density at radius 1 is 1.52 bits per heavy atom. The van der Waals surface area contributed by atoms with Gasteiger partial charge in [-0.25, -0.2) is 0 Å². The van der Waals surface area contributed by atoms with E-state index in [2.05, 4.69) is 42.1 Å². The molecule has 3 unspecified atom stereocenters. The molecule has 3 N–H and O–H groups in total. The molecule has 1 aromatic rings. The number of ether oxygens (including phenoxy) is 1. The van der Waals surface area contributed by atoms with Crippen molar-refractivity contribution in [1.29, 1.82) is 5.26 Å². The maximum absolute atomic E-state index is 9.69. The number of likely N-dealkylation sites (tertiary alicyclic amines) is 1. The minimum absolute atomic E-state index is 0.195. The molecule has 0 amide bonds. The molecule has 2 aliphatic rings. The van der Waals surface area contributed by atoms with Crippen molar-refractivity contribution < 1.29 is 4.74 Å². The fraction of sp³-hybridized carbons (Fsp3) is 0.600. The molecular formula is C15H21N5O. The van der Waals surface area contributed by atoms with Crippen LogP contribution in [0.4, 0.5) is 0 Å². The predicted molar refractivity (Wildman–Crippen MR) is 78.3 cm³/mol. The number of nitrogens with zero attached hydrogens (tertiary/aromatic N) is 3. The number of nitrogens with one attached hydrogen (secondary N) is 1. The van der Waals surface area contributed by atoms with Crippen molar-refractivity contribution in [2.24, 2.45) is 11.7 Å². The molecule has 112 valence electrons. The number of aromatic nitrogens is 2. The number of hydrogen-bond donors (Lipinski definition) is 2. The monoisotopic (exact) mass is 287 g/mol. The Bertz CT molecular complexity index is 656. The van der Waals surface area contributed by atoms with Gasteiger partial charge in [0.1, 0.15) is 11.6 Å². The quantitative estimate of drug-likeness (QED) is 0.752. The highest BCUT2D eigenvalue weighted by molar-refractivity contribution is 5.55. The highest BCUT2D eigenvalue weighted by atomic mass is 16.5. The maximum atomic E-state index is 9.69. The van der Waals surface area contributed by atoms with Gasteiger partial charge in [-0.2, -0.15) is 5.26 Å². The number of allylic oxidation sites excluding steroid dienone is 1. The van der Waals surface area contributed by atoms with Crippen LogP contribution < -0.4 is 10.5 Å². The van der Waals surface area contributed by atoms with Crippen LogP contribution in [-0.2, 0) is 5.41 Å². The second kappa shape index (κ2) is 4.50. The Morgan fingerprint density at radius 2 is 2.24 bits per heavy atom. The Labute approximate surface area is 124 Å². The lowest BCUT2D eigenvalue weighted by molar-refractivity contribution is 0.0888. The molecule has 6 heteroatoms. The van der Waals surface area contributed by atoms with E-state index in [0.717, 1.165) is 24.2 Å². The number of H-pyrrole nitrogens is 1. The van der Waals surface area contributed by atoms with Crippen molar-refractivity contribution in [3.8, 4) is 11.9 Å². The van der Waals surface area contributed by atoms with Gasteiger partial charge in [-0.05, 0) is 33.2 Å². The van der Waals surface area contributed by atoms with E-state index in [9.17, 15) is 5.26 Å². The zero-order chi connectivity index (χ0) is 15.4. The summed E-state index contributed by atoms with van der Waals surface area (Å²) >= 11 is 0. The van der Waals surface area contributed by atoms with Gasteiger partial charge in [0.05, 0.1) is 0 Å². The van der Waals surface area contributed by atoms with Gasteiger partial charge in [0, 0.05) is 29.3 Å². The number of piperidine rings is 1. The van der Waals surface area contributed by atoms with Crippen LogP contribution in [0.25, 0.3) is 0 Å². The molecule has 3 heterocycles. The highest BCUT2D eigenvalue weighted by Crippen LogP contribution is 2.53. The van der Waals surface area contributed by atoms with Crippen LogP contribution in [0.2, 0.25) is 0 Å². The Morgan fingerprint density at radius 3 is 2.90 bits per heavy atom. The Hall–Kier alpha value is -2.00. The fourth-order valence-electron chi connectivity index (χ4n) is 3.95. The topological polar surface area (TPSA) is 91.0 Å². The lowest BCUT2D eigenvalue weighted by atomic mass is 9.60. The summed E-state index contributed by atoms with van der Waals surface area (Å²) < 4.78 is 5.57. The molecule has 0 aliphatic carbocycles. The molecule has 0 aromatic carbocycles. The van der Waals surface area contributed by atoms with E-state index in [0.29, 0.717) is 17.5 Å². The molecule has 3 atom stereocenters. The summed E-state index contributed by atoms with van der Waals surface area (Å²) in [5, 5.41) is 16.9.